The predicted molar refractivity (Wildman–Crippen MR) is 74.4 cm³/mol. The summed E-state index contributed by atoms with van der Waals surface area (Å²) in [7, 11) is 0. The number of carbonyl (C=O) groups is 1. The molecule has 20 heavy (non-hydrogen) atoms. The molecule has 0 amide bonds. The molecule has 1 aliphatic rings. The number of anilines is 1. The van der Waals surface area contributed by atoms with E-state index in [1.54, 1.807) is 24.5 Å². The second-order valence-corrected chi connectivity index (χ2v) is 5.17. The second kappa shape index (κ2) is 5.03. The monoisotopic (exact) mass is 272 g/mol. The van der Waals surface area contributed by atoms with Crippen LogP contribution >= 0.6 is 0 Å². The van der Waals surface area contributed by atoms with Gasteiger partial charge in [-0.3, -0.25) is 4.98 Å². The average Bonchev–Trinajstić information content (AvgIpc) is 2.48. The fourth-order valence-electron chi connectivity index (χ4n) is 2.72. The first-order valence-corrected chi connectivity index (χ1v) is 6.79. The van der Waals surface area contributed by atoms with Crippen LogP contribution in [0.4, 0.5) is 5.82 Å². The van der Waals surface area contributed by atoms with E-state index in [-0.39, 0.29) is 0 Å². The maximum absolute atomic E-state index is 11.6. The van der Waals surface area contributed by atoms with Crippen LogP contribution in [0.15, 0.2) is 24.5 Å². The van der Waals surface area contributed by atoms with Crippen LogP contribution in [0.1, 0.15) is 32.1 Å². The molecule has 6 heteroatoms. The number of carboxylic acid groups (broad SMARTS) is 1. The zero-order valence-corrected chi connectivity index (χ0v) is 11.0. The predicted octanol–water partition coefficient (Wildman–Crippen LogP) is 2.22. The Bertz CT molecular complexity index is 638. The van der Waals surface area contributed by atoms with E-state index in [0.717, 1.165) is 19.3 Å². The third kappa shape index (κ3) is 2.29. The summed E-state index contributed by atoms with van der Waals surface area (Å²) in [5.41, 5.74) is 0.320. The van der Waals surface area contributed by atoms with Gasteiger partial charge in [0.2, 0.25) is 0 Å². The number of fused-ring (bicyclic) bond motifs is 1. The third-order valence-electron chi connectivity index (χ3n) is 3.82. The molecule has 1 aliphatic carbocycles. The molecule has 2 aromatic rings. The lowest BCUT2D eigenvalue weighted by atomic mass is 9.81. The SMILES string of the molecule is O=C(O)C1(Nc2ccc3nccnc3n2)CCCCC1. The highest BCUT2D eigenvalue weighted by Crippen LogP contribution is 2.31. The molecule has 2 N–H and O–H groups in total. The highest BCUT2D eigenvalue weighted by atomic mass is 16.4. The molecule has 3 rings (SSSR count). The van der Waals surface area contributed by atoms with Gasteiger partial charge in [0.25, 0.3) is 0 Å². The van der Waals surface area contributed by atoms with Crippen LogP contribution in [0.5, 0.6) is 0 Å². The van der Waals surface area contributed by atoms with Gasteiger partial charge in [-0.05, 0) is 25.0 Å². The summed E-state index contributed by atoms with van der Waals surface area (Å²) in [5.74, 6) is -0.263. The van der Waals surface area contributed by atoms with Gasteiger partial charge in [0.1, 0.15) is 16.9 Å². The van der Waals surface area contributed by atoms with E-state index in [2.05, 4.69) is 20.3 Å². The number of hydrogen-bond donors (Lipinski definition) is 2. The van der Waals surface area contributed by atoms with Gasteiger partial charge in [0, 0.05) is 12.4 Å². The van der Waals surface area contributed by atoms with Gasteiger partial charge in [0.05, 0.1) is 0 Å². The number of carboxylic acids is 1. The van der Waals surface area contributed by atoms with E-state index in [1.807, 2.05) is 0 Å². The lowest BCUT2D eigenvalue weighted by Gasteiger charge is -2.34. The van der Waals surface area contributed by atoms with Crippen LogP contribution in [0.3, 0.4) is 0 Å². The number of pyridine rings is 1. The van der Waals surface area contributed by atoms with Crippen molar-refractivity contribution in [2.24, 2.45) is 0 Å². The summed E-state index contributed by atoms with van der Waals surface area (Å²) in [4.78, 5) is 24.3. The number of aromatic nitrogens is 3. The maximum Gasteiger partial charge on any atom is 0.329 e. The Morgan fingerprint density at radius 1 is 1.15 bits per heavy atom. The largest absolute Gasteiger partial charge is 0.480 e. The maximum atomic E-state index is 11.6. The molecule has 1 fully saturated rings. The zero-order chi connectivity index (χ0) is 14.0. The van der Waals surface area contributed by atoms with Crippen LogP contribution in [-0.4, -0.2) is 31.6 Å². The van der Waals surface area contributed by atoms with Crippen molar-refractivity contribution in [3.05, 3.63) is 24.5 Å². The lowest BCUT2D eigenvalue weighted by Crippen LogP contribution is -2.48. The Kier molecular flexibility index (Phi) is 3.22. The molecule has 0 bridgehead atoms. The van der Waals surface area contributed by atoms with Crippen molar-refractivity contribution in [2.45, 2.75) is 37.6 Å². The minimum atomic E-state index is -0.902. The molecule has 104 valence electrons. The van der Waals surface area contributed by atoms with Crippen molar-refractivity contribution in [3.63, 3.8) is 0 Å². The molecule has 0 unspecified atom stereocenters. The van der Waals surface area contributed by atoms with E-state index in [4.69, 9.17) is 0 Å². The minimum Gasteiger partial charge on any atom is -0.480 e. The van der Waals surface area contributed by atoms with Gasteiger partial charge >= 0.3 is 5.97 Å². The molecule has 0 radical (unpaired) electrons. The smallest absolute Gasteiger partial charge is 0.329 e. The molecule has 0 atom stereocenters. The number of hydrogen-bond acceptors (Lipinski definition) is 5. The van der Waals surface area contributed by atoms with Crippen LogP contribution in [0.25, 0.3) is 11.2 Å². The normalized spacial score (nSPS) is 17.8. The topological polar surface area (TPSA) is 88.0 Å². The van der Waals surface area contributed by atoms with E-state index >= 15 is 0 Å². The molecule has 0 saturated heterocycles. The first-order valence-electron chi connectivity index (χ1n) is 6.79. The highest BCUT2D eigenvalue weighted by Gasteiger charge is 2.39. The molecule has 0 aromatic carbocycles. The van der Waals surface area contributed by atoms with Crippen LogP contribution in [0.2, 0.25) is 0 Å². The molecular weight excluding hydrogens is 256 g/mol. The fourth-order valence-corrected chi connectivity index (χ4v) is 2.72. The number of nitrogens with one attached hydrogen (secondary N) is 1. The van der Waals surface area contributed by atoms with Gasteiger partial charge in [-0.15, -0.1) is 0 Å². The Labute approximate surface area is 116 Å². The molecule has 2 heterocycles. The Balaban J connectivity index is 1.92. The minimum absolute atomic E-state index is 0.522. The van der Waals surface area contributed by atoms with E-state index in [0.29, 0.717) is 29.8 Å². The first-order chi connectivity index (χ1) is 9.70. The van der Waals surface area contributed by atoms with Crippen LogP contribution in [-0.2, 0) is 4.79 Å². The first kappa shape index (κ1) is 12.8. The van der Waals surface area contributed by atoms with Crippen molar-refractivity contribution in [3.8, 4) is 0 Å². The van der Waals surface area contributed by atoms with Crippen molar-refractivity contribution < 1.29 is 9.90 Å². The van der Waals surface area contributed by atoms with Crippen LogP contribution < -0.4 is 5.32 Å². The van der Waals surface area contributed by atoms with E-state index < -0.39 is 11.5 Å². The quantitative estimate of drug-likeness (QED) is 0.890. The molecule has 2 aromatic heterocycles. The number of aliphatic carboxylic acids is 1. The van der Waals surface area contributed by atoms with E-state index in [1.165, 1.54) is 0 Å². The molecular formula is C14H16N4O2. The Hall–Kier alpha value is -2.24. The van der Waals surface area contributed by atoms with Crippen molar-refractivity contribution >= 4 is 23.0 Å². The molecule has 0 spiro atoms. The fraction of sp³-hybridized carbons (Fsp3) is 0.429. The summed E-state index contributed by atoms with van der Waals surface area (Å²) in [6, 6.07) is 3.56. The van der Waals surface area contributed by atoms with Gasteiger partial charge in [0.15, 0.2) is 5.65 Å². The van der Waals surface area contributed by atoms with Gasteiger partial charge < -0.3 is 10.4 Å². The van der Waals surface area contributed by atoms with Gasteiger partial charge in [-0.25, -0.2) is 14.8 Å². The van der Waals surface area contributed by atoms with Crippen molar-refractivity contribution in [1.82, 2.24) is 15.0 Å². The summed E-state index contributed by atoms with van der Waals surface area (Å²) in [6.45, 7) is 0. The summed E-state index contributed by atoms with van der Waals surface area (Å²) in [5, 5.41) is 12.7. The summed E-state index contributed by atoms with van der Waals surface area (Å²) < 4.78 is 0. The van der Waals surface area contributed by atoms with Crippen molar-refractivity contribution in [1.29, 1.82) is 0 Å². The lowest BCUT2D eigenvalue weighted by molar-refractivity contribution is -0.143. The van der Waals surface area contributed by atoms with Gasteiger partial charge in [-0.2, -0.15) is 0 Å². The highest BCUT2D eigenvalue weighted by molar-refractivity contribution is 5.83. The Morgan fingerprint density at radius 3 is 2.65 bits per heavy atom. The van der Waals surface area contributed by atoms with Gasteiger partial charge in [-0.1, -0.05) is 19.3 Å². The molecule has 1 saturated carbocycles. The number of rotatable bonds is 3. The summed E-state index contributed by atoms with van der Waals surface area (Å²) in [6.07, 6.45) is 7.38. The summed E-state index contributed by atoms with van der Waals surface area (Å²) >= 11 is 0. The average molecular weight is 272 g/mol. The standard InChI is InChI=1S/C14H16N4O2/c19-13(20)14(6-2-1-3-7-14)18-11-5-4-10-12(17-11)16-9-8-15-10/h4-5,8-9H,1-3,6-7H2,(H,19,20)(H,16,17,18). The number of nitrogens with zero attached hydrogens (tertiary/aromatic N) is 3. The van der Waals surface area contributed by atoms with Crippen LogP contribution in [0, 0.1) is 0 Å². The van der Waals surface area contributed by atoms with E-state index in [9.17, 15) is 9.90 Å². The van der Waals surface area contributed by atoms with Crippen molar-refractivity contribution in [2.75, 3.05) is 5.32 Å². The third-order valence-corrected chi connectivity index (χ3v) is 3.82. The zero-order valence-electron chi connectivity index (χ0n) is 11.0. The molecule has 6 nitrogen and oxygen atoms in total. The second-order valence-electron chi connectivity index (χ2n) is 5.17. The Morgan fingerprint density at radius 2 is 1.90 bits per heavy atom. The molecule has 0 aliphatic heterocycles.